The quantitative estimate of drug-likeness (QED) is 0.0503. The van der Waals surface area contributed by atoms with Crippen molar-refractivity contribution in [3.8, 4) is 27.4 Å². The number of benzene rings is 2. The van der Waals surface area contributed by atoms with Gasteiger partial charge in [0.2, 0.25) is 17.7 Å². The summed E-state index contributed by atoms with van der Waals surface area (Å²) in [7, 11) is 0. The monoisotopic (exact) mass is 893 g/mol. The predicted octanol–water partition coefficient (Wildman–Crippen LogP) is 5.56. The zero-order valence-electron chi connectivity index (χ0n) is 34.2. The number of hydrogen-bond acceptors (Lipinski definition) is 12. The number of aliphatic hydroxyl groups is 1. The third-order valence-corrected chi connectivity index (χ3v) is 10.8. The molecule has 3 atom stereocenters. The van der Waals surface area contributed by atoms with E-state index in [9.17, 15) is 33.1 Å². The van der Waals surface area contributed by atoms with Crippen LogP contribution in [-0.2, 0) is 25.7 Å². The van der Waals surface area contributed by atoms with Crippen molar-refractivity contribution in [2.45, 2.75) is 64.4 Å². The SMILES string of the molecule is Cc1ncsc1-c1ccc(CNC(=O)[C@H]2C[C@H](O)CN2C(=O)C(NC(=O)COCCNc2ncc(C(=O)Nc3ccc(OC(F)(F)Cl)cc3)cc2-c2ccn[nH]2)C(C)(C)C)cc1. The lowest BCUT2D eigenvalue weighted by Gasteiger charge is -2.35. The van der Waals surface area contributed by atoms with Gasteiger partial charge in [0.25, 0.3) is 5.91 Å². The number of thiazole rings is 1. The van der Waals surface area contributed by atoms with Crippen molar-refractivity contribution in [3.63, 3.8) is 0 Å². The van der Waals surface area contributed by atoms with Gasteiger partial charge in [-0.15, -0.1) is 20.1 Å². The maximum absolute atomic E-state index is 14.0. The molecule has 0 saturated carbocycles. The van der Waals surface area contributed by atoms with Gasteiger partial charge in [-0.3, -0.25) is 24.3 Å². The minimum Gasteiger partial charge on any atom is -0.420 e. The normalized spacial score (nSPS) is 15.8. The highest BCUT2D eigenvalue weighted by molar-refractivity contribution is 7.13. The summed E-state index contributed by atoms with van der Waals surface area (Å²) in [5, 5.41) is 28.9. The third-order valence-electron chi connectivity index (χ3n) is 9.77. The number of nitrogens with one attached hydrogen (secondary N) is 5. The van der Waals surface area contributed by atoms with E-state index in [4.69, 9.17) is 16.3 Å². The maximum atomic E-state index is 14.0. The molecule has 3 aromatic heterocycles. The van der Waals surface area contributed by atoms with Crippen molar-refractivity contribution < 1.29 is 42.5 Å². The molecule has 1 fully saturated rings. The van der Waals surface area contributed by atoms with Crippen molar-refractivity contribution in [2.24, 2.45) is 5.41 Å². The molecule has 4 amide bonds. The van der Waals surface area contributed by atoms with E-state index in [0.29, 0.717) is 22.8 Å². The number of aromatic nitrogens is 4. The van der Waals surface area contributed by atoms with Gasteiger partial charge in [0.05, 0.1) is 40.0 Å². The number of β-amino-alcohol motifs (C(OH)–C–C–N with tert-alkyl or cyclic N) is 1. The first kappa shape index (κ1) is 45.5. The van der Waals surface area contributed by atoms with Crippen LogP contribution in [-0.4, -0.2) is 104 Å². The fourth-order valence-corrected chi connectivity index (χ4v) is 7.57. The highest BCUT2D eigenvalue weighted by Gasteiger charge is 2.44. The summed E-state index contributed by atoms with van der Waals surface area (Å²) in [5.41, 5.74) is 1.54. The summed E-state index contributed by atoms with van der Waals surface area (Å²) in [6, 6.07) is 14.3. The molecule has 1 unspecified atom stereocenters. The van der Waals surface area contributed by atoms with Gasteiger partial charge in [-0.25, -0.2) is 9.97 Å². The van der Waals surface area contributed by atoms with Crippen LogP contribution in [0.15, 0.2) is 78.6 Å². The summed E-state index contributed by atoms with van der Waals surface area (Å²) < 4.78 is 35.8. The number of H-pyrrole nitrogens is 1. The van der Waals surface area contributed by atoms with Crippen LogP contribution < -0.4 is 26.0 Å². The Kier molecular flexibility index (Phi) is 14.5. The maximum Gasteiger partial charge on any atom is 0.487 e. The number of likely N-dealkylation sites (tertiary alicyclic amines) is 1. The number of alkyl halides is 3. The van der Waals surface area contributed by atoms with Gasteiger partial charge in [-0.1, -0.05) is 45.0 Å². The number of hydrogen-bond donors (Lipinski definition) is 6. The molecule has 0 aliphatic carbocycles. The molecule has 1 aliphatic heterocycles. The number of carbonyl (C=O) groups is 4. The van der Waals surface area contributed by atoms with Crippen molar-refractivity contribution in [1.82, 2.24) is 35.7 Å². The number of aryl methyl sites for hydroxylation is 1. The number of aromatic amines is 1. The first-order chi connectivity index (χ1) is 29.4. The minimum atomic E-state index is -3.88. The number of rotatable bonds is 17. The Morgan fingerprint density at radius 3 is 2.45 bits per heavy atom. The van der Waals surface area contributed by atoms with E-state index in [1.165, 1.54) is 41.6 Å². The number of pyridine rings is 1. The summed E-state index contributed by atoms with van der Waals surface area (Å²) in [6.45, 7) is 7.36. The van der Waals surface area contributed by atoms with Gasteiger partial charge in [0.1, 0.15) is 30.3 Å². The van der Waals surface area contributed by atoms with E-state index in [1.54, 1.807) is 49.8 Å². The van der Waals surface area contributed by atoms with Gasteiger partial charge >= 0.3 is 5.57 Å². The van der Waals surface area contributed by atoms with Crippen LogP contribution in [0.2, 0.25) is 0 Å². The zero-order valence-corrected chi connectivity index (χ0v) is 35.8. The first-order valence-electron chi connectivity index (χ1n) is 19.5. The van der Waals surface area contributed by atoms with Gasteiger partial charge in [-0.05, 0) is 59.9 Å². The lowest BCUT2D eigenvalue weighted by molar-refractivity contribution is -0.144. The van der Waals surface area contributed by atoms with E-state index in [-0.39, 0.29) is 50.6 Å². The summed E-state index contributed by atoms with van der Waals surface area (Å²) in [4.78, 5) is 64.8. The molecule has 6 N–H and O–H groups in total. The van der Waals surface area contributed by atoms with E-state index in [2.05, 4.69) is 46.2 Å². The topological polar surface area (TPSA) is 213 Å². The van der Waals surface area contributed by atoms with E-state index >= 15 is 0 Å². The molecule has 62 heavy (non-hydrogen) atoms. The Bertz CT molecular complexity index is 2340. The molecule has 1 saturated heterocycles. The Balaban J connectivity index is 0.998. The fourth-order valence-electron chi connectivity index (χ4n) is 6.67. The van der Waals surface area contributed by atoms with Crippen LogP contribution in [0.25, 0.3) is 21.7 Å². The Morgan fingerprint density at radius 2 is 1.81 bits per heavy atom. The van der Waals surface area contributed by atoms with Crippen molar-refractivity contribution >= 4 is 58.1 Å². The molecule has 16 nitrogen and oxygen atoms in total. The molecular formula is C42H46ClF2N9O7S. The van der Waals surface area contributed by atoms with E-state index in [1.807, 2.05) is 31.2 Å². The Labute approximate surface area is 364 Å². The molecular weight excluding hydrogens is 848 g/mol. The minimum absolute atomic E-state index is 0.0530. The second-order valence-corrected chi connectivity index (χ2v) is 16.8. The lowest BCUT2D eigenvalue weighted by atomic mass is 9.85. The Morgan fingerprint density at radius 1 is 1.06 bits per heavy atom. The van der Waals surface area contributed by atoms with Crippen molar-refractivity contribution in [1.29, 1.82) is 0 Å². The molecule has 0 bridgehead atoms. The van der Waals surface area contributed by atoms with Crippen LogP contribution in [0.1, 0.15) is 48.8 Å². The largest absolute Gasteiger partial charge is 0.487 e. The fraction of sp³-hybridized carbons (Fsp3) is 0.357. The van der Waals surface area contributed by atoms with Gasteiger partial charge in [0, 0.05) is 61.3 Å². The Hall–Kier alpha value is -6.02. The molecule has 0 spiro atoms. The van der Waals surface area contributed by atoms with E-state index in [0.717, 1.165) is 21.7 Å². The lowest BCUT2D eigenvalue weighted by Crippen LogP contribution is -2.58. The van der Waals surface area contributed by atoms with Crippen LogP contribution in [0.3, 0.4) is 0 Å². The second-order valence-electron chi connectivity index (χ2n) is 15.5. The molecule has 2 aromatic carbocycles. The molecule has 5 aromatic rings. The van der Waals surface area contributed by atoms with Crippen LogP contribution in [0.4, 0.5) is 20.3 Å². The zero-order chi connectivity index (χ0) is 44.6. The highest BCUT2D eigenvalue weighted by atomic mass is 35.5. The van der Waals surface area contributed by atoms with Crippen LogP contribution in [0.5, 0.6) is 5.75 Å². The third kappa shape index (κ3) is 12.1. The smallest absolute Gasteiger partial charge is 0.420 e. The molecule has 4 heterocycles. The van der Waals surface area contributed by atoms with Gasteiger partial charge in [-0.2, -0.15) is 5.10 Å². The summed E-state index contributed by atoms with van der Waals surface area (Å²) in [6.07, 6.45) is 2.02. The van der Waals surface area contributed by atoms with Crippen LogP contribution >= 0.6 is 22.9 Å². The number of carbonyl (C=O) groups excluding carboxylic acids is 4. The molecule has 0 radical (unpaired) electrons. The van der Waals surface area contributed by atoms with E-state index < -0.39 is 52.8 Å². The second kappa shape index (κ2) is 19.8. The van der Waals surface area contributed by atoms with Gasteiger partial charge < -0.3 is 40.7 Å². The average Bonchev–Trinajstić information content (AvgIpc) is 4.01. The van der Waals surface area contributed by atoms with Crippen LogP contribution in [0, 0.1) is 12.3 Å². The predicted molar refractivity (Wildman–Crippen MR) is 229 cm³/mol. The number of anilines is 2. The van der Waals surface area contributed by atoms with Crippen molar-refractivity contribution in [3.05, 3.63) is 95.4 Å². The summed E-state index contributed by atoms with van der Waals surface area (Å²) >= 11 is 6.36. The molecule has 20 heteroatoms. The molecule has 6 rings (SSSR count). The molecule has 328 valence electrons. The average molecular weight is 894 g/mol. The first-order valence-corrected chi connectivity index (χ1v) is 20.7. The highest BCUT2D eigenvalue weighted by Crippen LogP contribution is 2.30. The summed E-state index contributed by atoms with van der Waals surface area (Å²) in [5.74, 6) is -1.79. The van der Waals surface area contributed by atoms with Crippen molar-refractivity contribution in [2.75, 3.05) is 36.9 Å². The number of halogens is 3. The number of nitrogens with zero attached hydrogens (tertiary/aromatic N) is 4. The number of amides is 4. The molecule has 1 aliphatic rings. The standard InChI is InChI=1S/C42H46ClF2N9O7S/c1-24-35(62-23-49-24)26-7-5-25(6-8-26)19-48-39(58)33-18-29(55)21-54(33)40(59)36(41(2,3)4)52-34(56)22-60-16-15-46-37-31(32-13-14-50-53-32)17-27(20-47-37)38(57)51-28-9-11-30(12-10-28)61-42(43,44)45/h5-14,17,20,23,29,33,36,55H,15-16,18-19,21-22H2,1-4H3,(H,46,47)(H,48,58)(H,50,53)(H,51,57)(H,52,56)/t29-,33+,36?/m0/s1. The van der Waals surface area contributed by atoms with Gasteiger partial charge in [0.15, 0.2) is 0 Å². The number of ether oxygens (including phenoxy) is 2. The number of aliphatic hydroxyl groups excluding tert-OH is 1.